The van der Waals surface area contributed by atoms with Crippen LogP contribution in [-0.4, -0.2) is 23.8 Å². The van der Waals surface area contributed by atoms with E-state index in [0.29, 0.717) is 42.2 Å². The van der Waals surface area contributed by atoms with Crippen LogP contribution in [0.15, 0.2) is 22.6 Å². The highest BCUT2D eigenvalue weighted by atomic mass is 19.4. The topological polar surface area (TPSA) is 55.6 Å². The number of rotatable bonds is 2. The maximum absolute atomic E-state index is 12.7. The van der Waals surface area contributed by atoms with Crippen LogP contribution >= 0.6 is 0 Å². The fourth-order valence-electron chi connectivity index (χ4n) is 2.83. The maximum Gasteiger partial charge on any atom is 0.573 e. The molecule has 0 fully saturated rings. The van der Waals surface area contributed by atoms with E-state index in [1.165, 1.54) is 23.1 Å². The third kappa shape index (κ3) is 3.22. The summed E-state index contributed by atoms with van der Waals surface area (Å²) in [5.74, 6) is -0.0984. The molecule has 0 spiro atoms. The average molecular weight is 340 g/mol. The summed E-state index contributed by atoms with van der Waals surface area (Å²) in [5.41, 5.74) is 1.68. The van der Waals surface area contributed by atoms with Crippen molar-refractivity contribution in [1.29, 1.82) is 0 Å². The summed E-state index contributed by atoms with van der Waals surface area (Å²) in [7, 11) is 0. The van der Waals surface area contributed by atoms with Crippen LogP contribution in [0.4, 0.5) is 18.9 Å². The second-order valence-corrected chi connectivity index (χ2v) is 5.55. The molecule has 0 aliphatic carbocycles. The summed E-state index contributed by atoms with van der Waals surface area (Å²) >= 11 is 0. The molecule has 1 amide bonds. The lowest BCUT2D eigenvalue weighted by molar-refractivity contribution is -0.274. The number of aryl methyl sites for hydroxylation is 3. The number of carbonyl (C=O) groups is 1. The molecule has 128 valence electrons. The van der Waals surface area contributed by atoms with E-state index >= 15 is 0 Å². The van der Waals surface area contributed by atoms with Gasteiger partial charge in [-0.25, -0.2) is 4.98 Å². The van der Waals surface area contributed by atoms with Crippen molar-refractivity contribution in [2.45, 2.75) is 33.1 Å². The lowest BCUT2D eigenvalue weighted by Crippen LogP contribution is -2.35. The minimum atomic E-state index is -4.74. The van der Waals surface area contributed by atoms with Crippen LogP contribution in [-0.2, 0) is 6.42 Å². The molecular weight excluding hydrogens is 325 g/mol. The second kappa shape index (κ2) is 5.85. The molecule has 3 rings (SSSR count). The lowest BCUT2D eigenvalue weighted by Gasteiger charge is -2.29. The van der Waals surface area contributed by atoms with Crippen LogP contribution in [0.25, 0.3) is 0 Å². The zero-order valence-electron chi connectivity index (χ0n) is 13.1. The Morgan fingerprint density at radius 1 is 1.33 bits per heavy atom. The Morgan fingerprint density at radius 3 is 2.71 bits per heavy atom. The van der Waals surface area contributed by atoms with E-state index in [-0.39, 0.29) is 17.4 Å². The normalized spacial score (nSPS) is 14.5. The van der Waals surface area contributed by atoms with Gasteiger partial charge in [0.1, 0.15) is 5.75 Å². The molecule has 1 aromatic carbocycles. The van der Waals surface area contributed by atoms with Crippen LogP contribution in [0.1, 0.15) is 34.1 Å². The Kier molecular flexibility index (Phi) is 3.98. The van der Waals surface area contributed by atoms with Crippen LogP contribution < -0.4 is 9.64 Å². The molecule has 1 aliphatic rings. The molecule has 0 unspecified atom stereocenters. The number of anilines is 1. The molecule has 0 saturated heterocycles. The monoisotopic (exact) mass is 340 g/mol. The number of halogens is 3. The van der Waals surface area contributed by atoms with Gasteiger partial charge in [-0.3, -0.25) is 4.79 Å². The SMILES string of the molecule is Cc1nc(C)c(C(=O)N2CCCc3cc(OC(F)(F)F)ccc32)o1. The zero-order valence-corrected chi connectivity index (χ0v) is 13.1. The van der Waals surface area contributed by atoms with Gasteiger partial charge in [-0.05, 0) is 43.5 Å². The first-order valence-electron chi connectivity index (χ1n) is 7.39. The Labute approximate surface area is 136 Å². The van der Waals surface area contributed by atoms with Crippen molar-refractivity contribution < 1.29 is 27.1 Å². The van der Waals surface area contributed by atoms with Crippen LogP contribution in [0.5, 0.6) is 5.75 Å². The molecule has 2 heterocycles. The third-order valence-electron chi connectivity index (χ3n) is 3.75. The smallest absolute Gasteiger partial charge is 0.436 e. The predicted octanol–water partition coefficient (Wildman–Crippen LogP) is 3.78. The number of carbonyl (C=O) groups excluding carboxylic acids is 1. The van der Waals surface area contributed by atoms with E-state index in [4.69, 9.17) is 4.42 Å². The summed E-state index contributed by atoms with van der Waals surface area (Å²) in [6, 6.07) is 3.99. The molecule has 8 heteroatoms. The van der Waals surface area contributed by atoms with Crippen molar-refractivity contribution in [3.8, 4) is 5.75 Å². The summed E-state index contributed by atoms with van der Waals surface area (Å²) in [6.45, 7) is 3.79. The summed E-state index contributed by atoms with van der Waals surface area (Å²) in [5, 5.41) is 0. The first-order chi connectivity index (χ1) is 11.2. The number of amides is 1. The van der Waals surface area contributed by atoms with Crippen LogP contribution in [0.3, 0.4) is 0 Å². The quantitative estimate of drug-likeness (QED) is 0.835. The Bertz CT molecular complexity index is 783. The fourth-order valence-corrected chi connectivity index (χ4v) is 2.83. The first-order valence-corrected chi connectivity index (χ1v) is 7.39. The number of alkyl halides is 3. The largest absolute Gasteiger partial charge is 0.573 e. The zero-order chi connectivity index (χ0) is 17.5. The van der Waals surface area contributed by atoms with E-state index in [2.05, 4.69) is 9.72 Å². The highest BCUT2D eigenvalue weighted by Crippen LogP contribution is 2.33. The first kappa shape index (κ1) is 16.4. The number of nitrogens with zero attached hydrogens (tertiary/aromatic N) is 2. The molecule has 0 saturated carbocycles. The van der Waals surface area contributed by atoms with E-state index < -0.39 is 6.36 Å². The Hall–Kier alpha value is -2.51. The van der Waals surface area contributed by atoms with Crippen molar-refractivity contribution >= 4 is 11.6 Å². The number of benzene rings is 1. The maximum atomic E-state index is 12.7. The Balaban J connectivity index is 1.92. The summed E-state index contributed by atoms with van der Waals surface area (Å²) in [4.78, 5) is 18.3. The summed E-state index contributed by atoms with van der Waals surface area (Å²) in [6.07, 6.45) is -3.53. The minimum absolute atomic E-state index is 0.149. The van der Waals surface area contributed by atoms with Gasteiger partial charge in [-0.2, -0.15) is 0 Å². The van der Waals surface area contributed by atoms with Gasteiger partial charge < -0.3 is 14.1 Å². The van der Waals surface area contributed by atoms with Gasteiger partial charge in [0.15, 0.2) is 5.89 Å². The van der Waals surface area contributed by atoms with Crippen molar-refractivity contribution in [3.63, 3.8) is 0 Å². The number of hydrogen-bond acceptors (Lipinski definition) is 4. The fraction of sp³-hybridized carbons (Fsp3) is 0.375. The molecular formula is C16H15F3N2O3. The average Bonchev–Trinajstić information content (AvgIpc) is 2.82. The molecule has 0 N–H and O–H groups in total. The van der Waals surface area contributed by atoms with Gasteiger partial charge in [0.05, 0.1) is 5.69 Å². The lowest BCUT2D eigenvalue weighted by atomic mass is 10.0. The van der Waals surface area contributed by atoms with E-state index in [1.54, 1.807) is 13.8 Å². The van der Waals surface area contributed by atoms with E-state index in [1.807, 2.05) is 0 Å². The molecule has 1 aromatic heterocycles. The molecule has 0 radical (unpaired) electrons. The summed E-state index contributed by atoms with van der Waals surface area (Å²) < 4.78 is 46.3. The molecule has 24 heavy (non-hydrogen) atoms. The van der Waals surface area contributed by atoms with Gasteiger partial charge in [-0.1, -0.05) is 0 Å². The van der Waals surface area contributed by atoms with Crippen molar-refractivity contribution in [2.24, 2.45) is 0 Å². The van der Waals surface area contributed by atoms with E-state index in [0.717, 1.165) is 0 Å². The molecule has 2 aromatic rings. The molecule has 0 atom stereocenters. The number of hydrogen-bond donors (Lipinski definition) is 0. The number of fused-ring (bicyclic) bond motifs is 1. The molecule has 5 nitrogen and oxygen atoms in total. The highest BCUT2D eigenvalue weighted by molar-refractivity contribution is 6.05. The predicted molar refractivity (Wildman–Crippen MR) is 79.1 cm³/mol. The second-order valence-electron chi connectivity index (χ2n) is 5.55. The number of ether oxygens (including phenoxy) is 1. The van der Waals surface area contributed by atoms with Crippen LogP contribution in [0, 0.1) is 13.8 Å². The van der Waals surface area contributed by atoms with Gasteiger partial charge in [-0.15, -0.1) is 13.2 Å². The molecule has 1 aliphatic heterocycles. The van der Waals surface area contributed by atoms with Crippen molar-refractivity contribution in [2.75, 3.05) is 11.4 Å². The van der Waals surface area contributed by atoms with Gasteiger partial charge in [0, 0.05) is 19.2 Å². The third-order valence-corrected chi connectivity index (χ3v) is 3.75. The van der Waals surface area contributed by atoms with Gasteiger partial charge in [0.25, 0.3) is 5.91 Å². The van der Waals surface area contributed by atoms with Gasteiger partial charge in [0.2, 0.25) is 5.76 Å². The van der Waals surface area contributed by atoms with E-state index in [9.17, 15) is 18.0 Å². The van der Waals surface area contributed by atoms with Crippen LogP contribution in [0.2, 0.25) is 0 Å². The number of oxazole rings is 1. The molecule has 0 bridgehead atoms. The van der Waals surface area contributed by atoms with Crippen molar-refractivity contribution in [1.82, 2.24) is 4.98 Å². The Morgan fingerprint density at radius 2 is 2.08 bits per heavy atom. The van der Waals surface area contributed by atoms with Crippen molar-refractivity contribution in [3.05, 3.63) is 41.1 Å². The minimum Gasteiger partial charge on any atom is -0.436 e. The number of aromatic nitrogens is 1. The highest BCUT2D eigenvalue weighted by Gasteiger charge is 2.32. The van der Waals surface area contributed by atoms with Gasteiger partial charge >= 0.3 is 6.36 Å². The standard InChI is InChI=1S/C16H15F3N2O3/c1-9-14(23-10(2)20-9)15(22)21-7-3-4-11-8-12(5-6-13(11)21)24-16(17,18)19/h5-6,8H,3-4,7H2,1-2H3.